The Hall–Kier alpha value is -1.23. The average Bonchev–Trinajstić information content (AvgIpc) is 2.76. The Morgan fingerprint density at radius 2 is 2.11 bits per heavy atom. The predicted molar refractivity (Wildman–Crippen MR) is 65.2 cm³/mol. The molecule has 2 rings (SSSR count). The van der Waals surface area contributed by atoms with E-state index < -0.39 is 12.3 Å². The summed E-state index contributed by atoms with van der Waals surface area (Å²) in [5.74, 6) is 0.558. The molecule has 0 saturated carbocycles. The van der Waals surface area contributed by atoms with Crippen LogP contribution in [0.1, 0.15) is 24.5 Å². The highest BCUT2D eigenvalue weighted by atomic mass is 19.4. The van der Waals surface area contributed by atoms with Crippen molar-refractivity contribution in [1.82, 2.24) is 0 Å². The van der Waals surface area contributed by atoms with E-state index in [-0.39, 0.29) is 12.3 Å². The number of alkyl halides is 3. The summed E-state index contributed by atoms with van der Waals surface area (Å²) in [6.45, 7) is 2.34. The van der Waals surface area contributed by atoms with Gasteiger partial charge in [0.2, 0.25) is 0 Å². The Kier molecular flexibility index (Phi) is 4.04. The van der Waals surface area contributed by atoms with E-state index in [9.17, 15) is 13.2 Å². The zero-order valence-corrected chi connectivity index (χ0v) is 10.7. The Balaban J connectivity index is 2.00. The van der Waals surface area contributed by atoms with Crippen LogP contribution in [0.25, 0.3) is 0 Å². The third kappa shape index (κ3) is 3.41. The second-order valence-electron chi connectivity index (χ2n) is 5.11. The molecule has 1 aromatic rings. The lowest BCUT2D eigenvalue weighted by Gasteiger charge is -2.19. The van der Waals surface area contributed by atoms with Gasteiger partial charge in [-0.25, -0.2) is 0 Å². The Morgan fingerprint density at radius 3 is 2.79 bits per heavy atom. The minimum Gasteiger partial charge on any atom is -0.493 e. The number of para-hydroxylation sites is 1. The third-order valence-corrected chi connectivity index (χ3v) is 3.37. The van der Waals surface area contributed by atoms with Crippen LogP contribution in [-0.4, -0.2) is 24.0 Å². The summed E-state index contributed by atoms with van der Waals surface area (Å²) in [6.07, 6.45) is -5.74. The Morgan fingerprint density at radius 1 is 1.37 bits per heavy atom. The number of aliphatic hydroxyl groups is 1. The SMILES string of the molecule is CC(Cc1cccc2c1OCC2)CC(O)C(F)(F)F. The van der Waals surface area contributed by atoms with Crippen molar-refractivity contribution in [3.05, 3.63) is 29.3 Å². The van der Waals surface area contributed by atoms with Gasteiger partial charge in [0.15, 0.2) is 0 Å². The van der Waals surface area contributed by atoms with Crippen molar-refractivity contribution in [2.75, 3.05) is 6.61 Å². The van der Waals surface area contributed by atoms with E-state index in [1.165, 1.54) is 0 Å². The molecule has 0 amide bonds. The molecule has 0 bridgehead atoms. The molecule has 0 aromatic heterocycles. The first-order chi connectivity index (χ1) is 8.88. The van der Waals surface area contributed by atoms with Crippen molar-refractivity contribution in [2.45, 2.75) is 38.5 Å². The average molecular weight is 274 g/mol. The molecule has 2 nitrogen and oxygen atoms in total. The number of aliphatic hydroxyl groups excluding tert-OH is 1. The van der Waals surface area contributed by atoms with Crippen LogP contribution < -0.4 is 4.74 Å². The largest absolute Gasteiger partial charge is 0.493 e. The van der Waals surface area contributed by atoms with Gasteiger partial charge in [-0.3, -0.25) is 0 Å². The van der Waals surface area contributed by atoms with E-state index in [0.717, 1.165) is 23.3 Å². The van der Waals surface area contributed by atoms with Crippen molar-refractivity contribution >= 4 is 0 Å². The fourth-order valence-corrected chi connectivity index (χ4v) is 2.42. The van der Waals surface area contributed by atoms with Gasteiger partial charge < -0.3 is 9.84 Å². The first kappa shape index (κ1) is 14.2. The van der Waals surface area contributed by atoms with Crippen LogP contribution in [-0.2, 0) is 12.8 Å². The molecule has 19 heavy (non-hydrogen) atoms. The van der Waals surface area contributed by atoms with Gasteiger partial charge in [0, 0.05) is 6.42 Å². The molecule has 2 unspecified atom stereocenters. The summed E-state index contributed by atoms with van der Waals surface area (Å²) in [5, 5.41) is 9.07. The molecule has 1 aliphatic rings. The predicted octanol–water partition coefficient (Wildman–Crippen LogP) is 3.11. The maximum absolute atomic E-state index is 12.3. The van der Waals surface area contributed by atoms with E-state index in [1.54, 1.807) is 6.92 Å². The number of ether oxygens (including phenoxy) is 1. The topological polar surface area (TPSA) is 29.5 Å². The van der Waals surface area contributed by atoms with Crippen LogP contribution in [0, 0.1) is 5.92 Å². The van der Waals surface area contributed by atoms with Gasteiger partial charge in [0.25, 0.3) is 0 Å². The fourth-order valence-electron chi connectivity index (χ4n) is 2.42. The van der Waals surface area contributed by atoms with Crippen LogP contribution >= 0.6 is 0 Å². The molecular formula is C14H17F3O2. The maximum atomic E-state index is 12.3. The molecule has 1 N–H and O–H groups in total. The van der Waals surface area contributed by atoms with Crippen molar-refractivity contribution in [3.63, 3.8) is 0 Å². The first-order valence-electron chi connectivity index (χ1n) is 6.36. The first-order valence-corrected chi connectivity index (χ1v) is 6.36. The summed E-state index contributed by atoms with van der Waals surface area (Å²) in [4.78, 5) is 0. The molecule has 0 saturated heterocycles. The smallest absolute Gasteiger partial charge is 0.414 e. The van der Waals surface area contributed by atoms with Gasteiger partial charge in [-0.15, -0.1) is 0 Å². The van der Waals surface area contributed by atoms with E-state index >= 15 is 0 Å². The molecule has 5 heteroatoms. The molecule has 0 aliphatic carbocycles. The number of rotatable bonds is 4. The summed E-state index contributed by atoms with van der Waals surface area (Å²) >= 11 is 0. The highest BCUT2D eigenvalue weighted by Crippen LogP contribution is 2.32. The molecule has 106 valence electrons. The molecule has 1 aromatic carbocycles. The molecule has 0 radical (unpaired) electrons. The van der Waals surface area contributed by atoms with Crippen LogP contribution in [0.2, 0.25) is 0 Å². The van der Waals surface area contributed by atoms with Crippen molar-refractivity contribution in [3.8, 4) is 5.75 Å². The van der Waals surface area contributed by atoms with Gasteiger partial charge in [-0.2, -0.15) is 13.2 Å². The quantitative estimate of drug-likeness (QED) is 0.914. The minimum absolute atomic E-state index is 0.257. The number of hydrogen-bond acceptors (Lipinski definition) is 2. The monoisotopic (exact) mass is 274 g/mol. The van der Waals surface area contributed by atoms with Crippen LogP contribution in [0.5, 0.6) is 5.75 Å². The molecule has 1 heterocycles. The van der Waals surface area contributed by atoms with Gasteiger partial charge in [-0.05, 0) is 29.9 Å². The summed E-state index contributed by atoms with van der Waals surface area (Å²) < 4.78 is 42.4. The molecule has 0 spiro atoms. The van der Waals surface area contributed by atoms with Crippen molar-refractivity contribution < 1.29 is 23.0 Å². The highest BCUT2D eigenvalue weighted by molar-refractivity contribution is 5.44. The van der Waals surface area contributed by atoms with Crippen LogP contribution in [0.15, 0.2) is 18.2 Å². The Labute approximate surface area is 110 Å². The number of hydrogen-bond donors (Lipinski definition) is 1. The number of benzene rings is 1. The second kappa shape index (κ2) is 5.41. The van der Waals surface area contributed by atoms with Crippen molar-refractivity contribution in [1.29, 1.82) is 0 Å². The second-order valence-corrected chi connectivity index (χ2v) is 5.11. The zero-order valence-electron chi connectivity index (χ0n) is 10.7. The lowest BCUT2D eigenvalue weighted by Crippen LogP contribution is -2.30. The normalized spacial score (nSPS) is 17.7. The van der Waals surface area contributed by atoms with E-state index in [0.29, 0.717) is 13.0 Å². The van der Waals surface area contributed by atoms with E-state index in [1.807, 2.05) is 18.2 Å². The number of halogens is 3. The standard InChI is InChI=1S/C14H17F3O2/c1-9(8-12(18)14(15,16)17)7-11-4-2-3-10-5-6-19-13(10)11/h2-4,9,12,18H,5-8H2,1H3. The molecule has 0 fully saturated rings. The van der Waals surface area contributed by atoms with Crippen LogP contribution in [0.4, 0.5) is 13.2 Å². The lowest BCUT2D eigenvalue weighted by atomic mass is 9.93. The van der Waals surface area contributed by atoms with Gasteiger partial charge in [0.05, 0.1) is 6.61 Å². The molecular weight excluding hydrogens is 257 g/mol. The molecule has 1 aliphatic heterocycles. The van der Waals surface area contributed by atoms with E-state index in [2.05, 4.69) is 0 Å². The van der Waals surface area contributed by atoms with Crippen LogP contribution in [0.3, 0.4) is 0 Å². The fraction of sp³-hybridized carbons (Fsp3) is 0.571. The van der Waals surface area contributed by atoms with Gasteiger partial charge in [-0.1, -0.05) is 25.1 Å². The summed E-state index contributed by atoms with van der Waals surface area (Å²) in [6, 6.07) is 5.75. The summed E-state index contributed by atoms with van der Waals surface area (Å²) in [7, 11) is 0. The van der Waals surface area contributed by atoms with Gasteiger partial charge >= 0.3 is 6.18 Å². The highest BCUT2D eigenvalue weighted by Gasteiger charge is 2.38. The zero-order chi connectivity index (χ0) is 14.0. The minimum atomic E-state index is -4.54. The molecule has 2 atom stereocenters. The van der Waals surface area contributed by atoms with Gasteiger partial charge in [0.1, 0.15) is 11.9 Å². The summed E-state index contributed by atoms with van der Waals surface area (Å²) in [5.41, 5.74) is 2.04. The Bertz CT molecular complexity index is 443. The van der Waals surface area contributed by atoms with E-state index in [4.69, 9.17) is 9.84 Å². The number of fused-ring (bicyclic) bond motifs is 1. The third-order valence-electron chi connectivity index (χ3n) is 3.37. The van der Waals surface area contributed by atoms with Crippen molar-refractivity contribution in [2.24, 2.45) is 5.92 Å². The maximum Gasteiger partial charge on any atom is 0.414 e. The lowest BCUT2D eigenvalue weighted by molar-refractivity contribution is -0.208.